The zero-order chi connectivity index (χ0) is 23.7. The van der Waals surface area contributed by atoms with Crippen LogP contribution in [0.1, 0.15) is 31.2 Å². The molecule has 8 heteroatoms. The van der Waals surface area contributed by atoms with Gasteiger partial charge < -0.3 is 14.3 Å². The second-order valence-electron chi connectivity index (χ2n) is 8.02. The molecule has 1 fully saturated rings. The third-order valence-corrected chi connectivity index (χ3v) is 5.13. The second-order valence-corrected chi connectivity index (χ2v) is 8.02. The van der Waals surface area contributed by atoms with Gasteiger partial charge in [-0.3, -0.25) is 14.5 Å². The molecule has 0 radical (unpaired) electrons. The fourth-order valence-corrected chi connectivity index (χ4v) is 3.60. The Morgan fingerprint density at radius 1 is 1.09 bits per heavy atom. The Kier molecular flexibility index (Phi) is 6.00. The molecule has 1 saturated heterocycles. The highest BCUT2D eigenvalue weighted by molar-refractivity contribution is 6.51. The number of furan rings is 1. The Hall–Kier alpha value is -3.94. The number of anilines is 1. The highest BCUT2D eigenvalue weighted by Crippen LogP contribution is 2.42. The zero-order valence-electron chi connectivity index (χ0n) is 17.9. The van der Waals surface area contributed by atoms with Crippen molar-refractivity contribution in [2.45, 2.75) is 19.9 Å². The van der Waals surface area contributed by atoms with Gasteiger partial charge >= 0.3 is 0 Å². The first-order valence-electron chi connectivity index (χ1n) is 10.3. The van der Waals surface area contributed by atoms with Crippen molar-refractivity contribution in [3.05, 3.63) is 89.4 Å². The molecule has 1 unspecified atom stereocenters. The van der Waals surface area contributed by atoms with E-state index in [0.717, 1.165) is 17.0 Å². The zero-order valence-corrected chi connectivity index (χ0v) is 17.9. The van der Waals surface area contributed by atoms with E-state index in [-0.39, 0.29) is 28.5 Å². The van der Waals surface area contributed by atoms with Gasteiger partial charge in [0, 0.05) is 17.3 Å². The lowest BCUT2D eigenvalue weighted by atomic mass is 9.99. The number of carbonyl (C=O) groups is 2. The van der Waals surface area contributed by atoms with Crippen molar-refractivity contribution in [3.63, 3.8) is 0 Å². The predicted molar refractivity (Wildman–Crippen MR) is 117 cm³/mol. The van der Waals surface area contributed by atoms with Crippen LogP contribution in [0.25, 0.3) is 5.76 Å². The molecule has 1 N–H and O–H groups in total. The first kappa shape index (κ1) is 22.3. The Morgan fingerprint density at radius 3 is 2.55 bits per heavy atom. The average molecular weight is 453 g/mol. The molecule has 1 aliphatic rings. The molecule has 0 saturated carbocycles. The number of carbonyl (C=O) groups excluding carboxylic acids is 2. The lowest BCUT2D eigenvalue weighted by Gasteiger charge is -2.23. The van der Waals surface area contributed by atoms with E-state index in [1.807, 2.05) is 13.8 Å². The van der Waals surface area contributed by atoms with E-state index < -0.39 is 35.1 Å². The van der Waals surface area contributed by atoms with Crippen LogP contribution in [0.5, 0.6) is 5.75 Å². The predicted octanol–water partition coefficient (Wildman–Crippen LogP) is 5.22. The Bertz CT molecular complexity index is 1230. The standard InChI is InChI=1S/C25H21F2NO5/c1-14(2)13-33-17-6-3-5-15(11-17)23(29)21-22(20-7-4-10-32-20)28(25(31)24(21)30)16-8-9-18(26)19(27)12-16/h3-12,14,22,29H,13H2,1-2H3/b23-21-. The van der Waals surface area contributed by atoms with Crippen molar-refractivity contribution in [1.82, 2.24) is 0 Å². The number of rotatable bonds is 6. The number of hydrogen-bond acceptors (Lipinski definition) is 5. The van der Waals surface area contributed by atoms with Gasteiger partial charge in [0.1, 0.15) is 23.3 Å². The largest absolute Gasteiger partial charge is 0.507 e. The van der Waals surface area contributed by atoms with Crippen LogP contribution in [0, 0.1) is 17.6 Å². The molecule has 4 rings (SSSR count). The summed E-state index contributed by atoms with van der Waals surface area (Å²) in [4.78, 5) is 26.9. The van der Waals surface area contributed by atoms with Crippen LogP contribution >= 0.6 is 0 Å². The number of aliphatic hydroxyl groups excluding tert-OH is 1. The molecular weight excluding hydrogens is 432 g/mol. The van der Waals surface area contributed by atoms with Crippen LogP contribution < -0.4 is 9.64 Å². The van der Waals surface area contributed by atoms with E-state index in [2.05, 4.69) is 0 Å². The summed E-state index contributed by atoms with van der Waals surface area (Å²) in [7, 11) is 0. The van der Waals surface area contributed by atoms with E-state index in [1.54, 1.807) is 30.3 Å². The van der Waals surface area contributed by atoms with Gasteiger partial charge in [0.15, 0.2) is 11.6 Å². The SMILES string of the molecule is CC(C)COc1cccc(/C(O)=C2/C(=O)C(=O)N(c3ccc(F)c(F)c3)C2c2ccco2)c1. The summed E-state index contributed by atoms with van der Waals surface area (Å²) in [5.74, 6) is -3.75. The molecule has 0 bridgehead atoms. The highest BCUT2D eigenvalue weighted by atomic mass is 19.2. The third kappa shape index (κ3) is 4.24. The molecular formula is C25H21F2NO5. The van der Waals surface area contributed by atoms with E-state index in [1.165, 1.54) is 18.4 Å². The van der Waals surface area contributed by atoms with Gasteiger partial charge in [-0.25, -0.2) is 8.78 Å². The molecule has 170 valence electrons. The minimum Gasteiger partial charge on any atom is -0.507 e. The highest BCUT2D eigenvalue weighted by Gasteiger charge is 2.48. The number of ether oxygens (including phenoxy) is 1. The number of nitrogens with zero attached hydrogens (tertiary/aromatic N) is 1. The third-order valence-electron chi connectivity index (χ3n) is 5.13. The molecule has 2 heterocycles. The van der Waals surface area contributed by atoms with Crippen molar-refractivity contribution in [2.75, 3.05) is 11.5 Å². The maximum atomic E-state index is 13.9. The molecule has 0 spiro atoms. The van der Waals surface area contributed by atoms with Crippen LogP contribution in [0.15, 0.2) is 70.9 Å². The number of halogens is 2. The summed E-state index contributed by atoms with van der Waals surface area (Å²) < 4.78 is 38.5. The molecule has 6 nitrogen and oxygen atoms in total. The van der Waals surface area contributed by atoms with Gasteiger partial charge in [0.05, 0.1) is 18.4 Å². The van der Waals surface area contributed by atoms with Gasteiger partial charge in [-0.15, -0.1) is 0 Å². The fourth-order valence-electron chi connectivity index (χ4n) is 3.60. The first-order chi connectivity index (χ1) is 15.8. The van der Waals surface area contributed by atoms with Crippen LogP contribution in [-0.2, 0) is 9.59 Å². The summed E-state index contributed by atoms with van der Waals surface area (Å²) in [6.07, 6.45) is 1.35. The van der Waals surface area contributed by atoms with Gasteiger partial charge in [-0.1, -0.05) is 26.0 Å². The number of amides is 1. The van der Waals surface area contributed by atoms with E-state index in [0.29, 0.717) is 12.4 Å². The quantitative estimate of drug-likeness (QED) is 0.315. The molecule has 2 aromatic carbocycles. The van der Waals surface area contributed by atoms with Gasteiger partial charge in [0.2, 0.25) is 0 Å². The smallest absolute Gasteiger partial charge is 0.300 e. The summed E-state index contributed by atoms with van der Waals surface area (Å²) in [6.45, 7) is 4.44. The number of aliphatic hydroxyl groups is 1. The van der Waals surface area contributed by atoms with Gasteiger partial charge in [-0.2, -0.15) is 0 Å². The Morgan fingerprint density at radius 2 is 1.88 bits per heavy atom. The minimum atomic E-state index is -1.18. The molecule has 1 amide bonds. The van der Waals surface area contributed by atoms with Gasteiger partial charge in [0.25, 0.3) is 11.7 Å². The summed E-state index contributed by atoms with van der Waals surface area (Å²) >= 11 is 0. The Balaban J connectivity index is 1.83. The van der Waals surface area contributed by atoms with E-state index in [9.17, 15) is 23.5 Å². The Labute approximate surface area is 188 Å². The normalized spacial score (nSPS) is 17.7. The monoisotopic (exact) mass is 453 g/mol. The van der Waals surface area contributed by atoms with Crippen molar-refractivity contribution in [1.29, 1.82) is 0 Å². The molecule has 0 aliphatic carbocycles. The van der Waals surface area contributed by atoms with Crippen molar-refractivity contribution in [2.24, 2.45) is 5.92 Å². The minimum absolute atomic E-state index is 0.0505. The van der Waals surface area contributed by atoms with Crippen molar-refractivity contribution >= 4 is 23.1 Å². The number of Topliss-reactive ketones (excluding diaryl/α,β-unsaturated/α-hetero) is 1. The van der Waals surface area contributed by atoms with Gasteiger partial charge in [-0.05, 0) is 42.3 Å². The molecule has 1 atom stereocenters. The maximum Gasteiger partial charge on any atom is 0.300 e. The van der Waals surface area contributed by atoms with Crippen LogP contribution in [0.4, 0.5) is 14.5 Å². The molecule has 3 aromatic rings. The lowest BCUT2D eigenvalue weighted by molar-refractivity contribution is -0.132. The topological polar surface area (TPSA) is 80.0 Å². The van der Waals surface area contributed by atoms with Crippen LogP contribution in [0.2, 0.25) is 0 Å². The van der Waals surface area contributed by atoms with E-state index >= 15 is 0 Å². The summed E-state index contributed by atoms with van der Waals surface area (Å²) in [5, 5.41) is 11.1. The van der Waals surface area contributed by atoms with Crippen LogP contribution in [-0.4, -0.2) is 23.4 Å². The first-order valence-corrected chi connectivity index (χ1v) is 10.3. The number of hydrogen-bond donors (Lipinski definition) is 1. The maximum absolute atomic E-state index is 13.9. The lowest BCUT2D eigenvalue weighted by Crippen LogP contribution is -2.29. The number of benzene rings is 2. The summed E-state index contributed by atoms with van der Waals surface area (Å²) in [6, 6.07) is 11.3. The molecule has 1 aromatic heterocycles. The molecule has 1 aliphatic heterocycles. The van der Waals surface area contributed by atoms with Crippen molar-refractivity contribution < 1.29 is 32.6 Å². The fraction of sp³-hybridized carbons (Fsp3) is 0.200. The summed E-state index contributed by atoms with van der Waals surface area (Å²) in [5.41, 5.74) is -0.0257. The van der Waals surface area contributed by atoms with Crippen molar-refractivity contribution in [3.8, 4) is 5.75 Å². The van der Waals surface area contributed by atoms with Crippen LogP contribution in [0.3, 0.4) is 0 Å². The number of ketones is 1. The van der Waals surface area contributed by atoms with E-state index in [4.69, 9.17) is 9.15 Å². The average Bonchev–Trinajstić information content (AvgIpc) is 3.41. The second kappa shape index (κ2) is 8.90. The molecule has 33 heavy (non-hydrogen) atoms.